The van der Waals surface area contributed by atoms with E-state index in [9.17, 15) is 0 Å². The van der Waals surface area contributed by atoms with Crippen LogP contribution in [0.4, 0.5) is 5.69 Å². The minimum Gasteiger partial charge on any atom is -0.480 e. The molecule has 1 aromatic carbocycles. The fourth-order valence-electron chi connectivity index (χ4n) is 3.56. The van der Waals surface area contributed by atoms with Crippen molar-refractivity contribution in [3.05, 3.63) is 34.5 Å². The lowest BCUT2D eigenvalue weighted by Crippen LogP contribution is -2.45. The van der Waals surface area contributed by atoms with Crippen molar-refractivity contribution in [2.75, 3.05) is 38.2 Å². The molecule has 27 heavy (non-hydrogen) atoms. The van der Waals surface area contributed by atoms with Crippen LogP contribution in [0, 0.1) is 0 Å². The number of anilines is 1. The van der Waals surface area contributed by atoms with Gasteiger partial charge in [-0.1, -0.05) is 11.3 Å². The van der Waals surface area contributed by atoms with Crippen LogP contribution < -0.4 is 9.64 Å². The van der Waals surface area contributed by atoms with Gasteiger partial charge in [-0.3, -0.25) is 4.90 Å². The number of aromatic nitrogens is 4. The zero-order valence-corrected chi connectivity index (χ0v) is 16.2. The van der Waals surface area contributed by atoms with Gasteiger partial charge in [0, 0.05) is 37.8 Å². The van der Waals surface area contributed by atoms with Gasteiger partial charge in [-0.25, -0.2) is 9.97 Å². The summed E-state index contributed by atoms with van der Waals surface area (Å²) in [7, 11) is 1.65. The highest BCUT2D eigenvalue weighted by molar-refractivity contribution is 7.11. The molecule has 0 bridgehead atoms. The second kappa shape index (κ2) is 7.01. The smallest absolute Gasteiger partial charge is 0.224 e. The first-order valence-corrected chi connectivity index (χ1v) is 10.2. The molecule has 7 nitrogen and oxygen atoms in total. The molecule has 1 saturated heterocycles. The van der Waals surface area contributed by atoms with Crippen molar-refractivity contribution in [1.82, 2.24) is 25.1 Å². The van der Waals surface area contributed by atoms with Crippen LogP contribution in [-0.4, -0.2) is 58.4 Å². The molecule has 1 aliphatic carbocycles. The molecule has 8 heteroatoms. The first kappa shape index (κ1) is 16.8. The van der Waals surface area contributed by atoms with Crippen molar-refractivity contribution in [3.8, 4) is 5.88 Å². The van der Waals surface area contributed by atoms with Gasteiger partial charge in [0.05, 0.1) is 24.6 Å². The summed E-state index contributed by atoms with van der Waals surface area (Å²) in [5.74, 6) is 1.32. The molecular formula is C19H22N6OS. The first-order valence-electron chi connectivity index (χ1n) is 9.38. The van der Waals surface area contributed by atoms with E-state index in [1.54, 1.807) is 24.8 Å². The molecular weight excluding hydrogens is 360 g/mol. The number of hydrogen-bond donors (Lipinski definition) is 0. The van der Waals surface area contributed by atoms with Gasteiger partial charge in [0.1, 0.15) is 16.3 Å². The Morgan fingerprint density at radius 2 is 1.96 bits per heavy atom. The summed E-state index contributed by atoms with van der Waals surface area (Å²) in [6.45, 7) is 4.96. The molecule has 5 rings (SSSR count). The maximum Gasteiger partial charge on any atom is 0.224 e. The number of benzene rings is 1. The van der Waals surface area contributed by atoms with Crippen LogP contribution in [0.2, 0.25) is 0 Å². The van der Waals surface area contributed by atoms with E-state index in [4.69, 9.17) is 4.74 Å². The quantitative estimate of drug-likeness (QED) is 0.672. The third kappa shape index (κ3) is 3.46. The Balaban J connectivity index is 1.25. The number of fused-ring (bicyclic) bond motifs is 1. The summed E-state index contributed by atoms with van der Waals surface area (Å²) in [5, 5.41) is 12.1. The van der Waals surface area contributed by atoms with E-state index < -0.39 is 0 Å². The number of methoxy groups -OCH3 is 1. The average molecular weight is 382 g/mol. The van der Waals surface area contributed by atoms with Crippen molar-refractivity contribution >= 4 is 27.9 Å². The molecule has 0 radical (unpaired) electrons. The maximum absolute atomic E-state index is 5.39. The first-order chi connectivity index (χ1) is 13.3. The van der Waals surface area contributed by atoms with Gasteiger partial charge in [-0.15, -0.1) is 10.2 Å². The molecule has 1 aliphatic heterocycles. The number of piperazine rings is 1. The Labute approximate surface area is 162 Å². The van der Waals surface area contributed by atoms with Gasteiger partial charge in [0.2, 0.25) is 5.88 Å². The fourth-order valence-corrected chi connectivity index (χ4v) is 4.62. The standard InChI is InChI=1S/C19H22N6OS/c1-26-18-15-10-14(4-5-16(15)20-12-21-18)25-8-6-24(7-9-25)11-17-22-23-19(27-17)13-2-3-13/h4-5,10,12-13H,2-3,6-9,11H2,1H3. The summed E-state index contributed by atoms with van der Waals surface area (Å²) < 4.78 is 5.39. The fraction of sp³-hybridized carbons (Fsp3) is 0.474. The molecule has 2 fully saturated rings. The zero-order chi connectivity index (χ0) is 18.2. The molecule has 3 aromatic rings. The van der Waals surface area contributed by atoms with Gasteiger partial charge in [0.15, 0.2) is 0 Å². The van der Waals surface area contributed by atoms with E-state index in [-0.39, 0.29) is 0 Å². The summed E-state index contributed by atoms with van der Waals surface area (Å²) in [6.07, 6.45) is 4.12. The van der Waals surface area contributed by atoms with E-state index in [2.05, 4.69) is 42.1 Å². The van der Waals surface area contributed by atoms with Crippen LogP contribution in [0.15, 0.2) is 24.5 Å². The normalized spacial score (nSPS) is 18.2. The molecule has 0 atom stereocenters. The lowest BCUT2D eigenvalue weighted by atomic mass is 10.2. The highest BCUT2D eigenvalue weighted by Crippen LogP contribution is 2.41. The van der Waals surface area contributed by atoms with Crippen LogP contribution in [0.3, 0.4) is 0 Å². The Kier molecular flexibility index (Phi) is 4.37. The summed E-state index contributed by atoms with van der Waals surface area (Å²) in [4.78, 5) is 13.4. The summed E-state index contributed by atoms with van der Waals surface area (Å²) >= 11 is 1.79. The highest BCUT2D eigenvalue weighted by Gasteiger charge is 2.28. The Morgan fingerprint density at radius 3 is 2.74 bits per heavy atom. The average Bonchev–Trinajstić information content (AvgIpc) is 3.47. The second-order valence-corrected chi connectivity index (χ2v) is 8.25. The minimum absolute atomic E-state index is 0.628. The van der Waals surface area contributed by atoms with E-state index >= 15 is 0 Å². The monoisotopic (exact) mass is 382 g/mol. The van der Waals surface area contributed by atoms with E-state index in [0.717, 1.165) is 48.6 Å². The van der Waals surface area contributed by atoms with Gasteiger partial charge in [0.25, 0.3) is 0 Å². The van der Waals surface area contributed by atoms with Crippen LogP contribution >= 0.6 is 11.3 Å². The molecule has 3 heterocycles. The van der Waals surface area contributed by atoms with Gasteiger partial charge in [-0.05, 0) is 31.0 Å². The minimum atomic E-state index is 0.628. The Morgan fingerprint density at radius 1 is 1.11 bits per heavy atom. The molecule has 0 amide bonds. The third-order valence-corrected chi connectivity index (χ3v) is 6.35. The van der Waals surface area contributed by atoms with E-state index in [0.29, 0.717) is 11.8 Å². The van der Waals surface area contributed by atoms with Crippen LogP contribution in [0.1, 0.15) is 28.8 Å². The van der Waals surface area contributed by atoms with Crippen LogP contribution in [0.25, 0.3) is 10.9 Å². The maximum atomic E-state index is 5.39. The number of hydrogen-bond acceptors (Lipinski definition) is 8. The third-order valence-electron chi connectivity index (χ3n) is 5.28. The van der Waals surface area contributed by atoms with Crippen molar-refractivity contribution in [2.24, 2.45) is 0 Å². The molecule has 0 unspecified atom stereocenters. The van der Waals surface area contributed by atoms with Crippen molar-refractivity contribution in [3.63, 3.8) is 0 Å². The number of ether oxygens (including phenoxy) is 1. The largest absolute Gasteiger partial charge is 0.480 e. The number of rotatable bonds is 5. The lowest BCUT2D eigenvalue weighted by molar-refractivity contribution is 0.249. The van der Waals surface area contributed by atoms with Gasteiger partial charge < -0.3 is 9.64 Å². The van der Waals surface area contributed by atoms with Crippen molar-refractivity contribution in [1.29, 1.82) is 0 Å². The summed E-state index contributed by atoms with van der Waals surface area (Å²) in [5.41, 5.74) is 2.11. The van der Waals surface area contributed by atoms with E-state index in [1.807, 2.05) is 6.07 Å². The van der Waals surface area contributed by atoms with Crippen LogP contribution in [0.5, 0.6) is 5.88 Å². The zero-order valence-electron chi connectivity index (χ0n) is 15.3. The van der Waals surface area contributed by atoms with Crippen molar-refractivity contribution in [2.45, 2.75) is 25.3 Å². The molecule has 2 aliphatic rings. The molecule has 140 valence electrons. The molecule has 0 spiro atoms. The predicted molar refractivity (Wildman–Crippen MR) is 105 cm³/mol. The SMILES string of the molecule is COc1ncnc2ccc(N3CCN(Cc4nnc(C5CC5)s4)CC3)cc12. The second-order valence-electron chi connectivity index (χ2n) is 7.16. The Bertz CT molecular complexity index is 948. The van der Waals surface area contributed by atoms with Gasteiger partial charge >= 0.3 is 0 Å². The predicted octanol–water partition coefficient (Wildman–Crippen LogP) is 2.69. The van der Waals surface area contributed by atoms with E-state index in [1.165, 1.54) is 23.5 Å². The Hall–Kier alpha value is -2.32. The topological polar surface area (TPSA) is 67.3 Å². The highest BCUT2D eigenvalue weighted by atomic mass is 32.1. The van der Waals surface area contributed by atoms with Gasteiger partial charge in [-0.2, -0.15) is 0 Å². The molecule has 0 N–H and O–H groups in total. The van der Waals surface area contributed by atoms with Crippen LogP contribution in [-0.2, 0) is 6.54 Å². The van der Waals surface area contributed by atoms with Crippen molar-refractivity contribution < 1.29 is 4.74 Å². The molecule has 2 aromatic heterocycles. The molecule has 1 saturated carbocycles. The number of nitrogens with zero attached hydrogens (tertiary/aromatic N) is 6. The lowest BCUT2D eigenvalue weighted by Gasteiger charge is -2.35. The summed E-state index contributed by atoms with van der Waals surface area (Å²) in [6, 6.07) is 6.31.